The largest absolute Gasteiger partial charge is 0.383 e. The van der Waals surface area contributed by atoms with Crippen LogP contribution in [-0.2, 0) is 18.3 Å². The average Bonchev–Trinajstić information content (AvgIpc) is 2.72. The van der Waals surface area contributed by atoms with Crippen molar-refractivity contribution in [1.29, 1.82) is 0 Å². The van der Waals surface area contributed by atoms with Crippen LogP contribution in [-0.4, -0.2) is 50.4 Å². The van der Waals surface area contributed by atoms with Gasteiger partial charge in [0.25, 0.3) is 0 Å². The topological polar surface area (TPSA) is 82.1 Å². The minimum atomic E-state index is 0.256. The van der Waals surface area contributed by atoms with Crippen LogP contribution in [0.5, 0.6) is 0 Å². The van der Waals surface area contributed by atoms with Crippen molar-refractivity contribution >= 4 is 16.9 Å². The molecule has 0 radical (unpaired) electrons. The Morgan fingerprint density at radius 3 is 3.11 bits per heavy atom. The van der Waals surface area contributed by atoms with Crippen LogP contribution in [0.25, 0.3) is 11.0 Å². The number of nitrogens with two attached hydrogens (primary N) is 1. The lowest BCUT2D eigenvalue weighted by Crippen LogP contribution is -2.40. The first-order valence-corrected chi connectivity index (χ1v) is 6.41. The molecule has 1 unspecified atom stereocenters. The van der Waals surface area contributed by atoms with Gasteiger partial charge in [0.2, 0.25) is 0 Å². The highest BCUT2D eigenvalue weighted by Crippen LogP contribution is 2.17. The second-order valence-electron chi connectivity index (χ2n) is 4.95. The SMILES string of the molecule is CC1CN(Cc2nc(N)c3cnn(C)c3n2)CCO1. The van der Waals surface area contributed by atoms with E-state index in [-0.39, 0.29) is 6.10 Å². The van der Waals surface area contributed by atoms with E-state index in [4.69, 9.17) is 10.5 Å². The van der Waals surface area contributed by atoms with Crippen LogP contribution in [0.4, 0.5) is 5.82 Å². The molecule has 7 nitrogen and oxygen atoms in total. The van der Waals surface area contributed by atoms with Crippen LogP contribution in [0.2, 0.25) is 0 Å². The molecule has 7 heteroatoms. The summed E-state index contributed by atoms with van der Waals surface area (Å²) in [7, 11) is 1.86. The summed E-state index contributed by atoms with van der Waals surface area (Å²) in [5.41, 5.74) is 6.74. The Morgan fingerprint density at radius 1 is 1.47 bits per heavy atom. The first kappa shape index (κ1) is 12.3. The van der Waals surface area contributed by atoms with Gasteiger partial charge in [0.1, 0.15) is 11.6 Å². The molecule has 0 bridgehead atoms. The van der Waals surface area contributed by atoms with Crippen molar-refractivity contribution < 1.29 is 4.74 Å². The number of aromatic nitrogens is 4. The highest BCUT2D eigenvalue weighted by molar-refractivity contribution is 5.84. The monoisotopic (exact) mass is 262 g/mol. The van der Waals surface area contributed by atoms with Crippen molar-refractivity contribution in [2.24, 2.45) is 7.05 Å². The Labute approximate surface area is 111 Å². The zero-order chi connectivity index (χ0) is 13.4. The maximum Gasteiger partial charge on any atom is 0.163 e. The molecule has 2 aromatic heterocycles. The third-order valence-corrected chi connectivity index (χ3v) is 3.36. The van der Waals surface area contributed by atoms with Gasteiger partial charge in [0, 0.05) is 20.1 Å². The van der Waals surface area contributed by atoms with E-state index < -0.39 is 0 Å². The Bertz CT molecular complexity index is 595. The van der Waals surface area contributed by atoms with Crippen molar-refractivity contribution in [1.82, 2.24) is 24.6 Å². The number of nitrogen functional groups attached to an aromatic ring is 1. The van der Waals surface area contributed by atoms with E-state index in [9.17, 15) is 0 Å². The summed E-state index contributed by atoms with van der Waals surface area (Å²) in [4.78, 5) is 11.2. The van der Waals surface area contributed by atoms with Gasteiger partial charge in [-0.1, -0.05) is 0 Å². The summed E-state index contributed by atoms with van der Waals surface area (Å²) >= 11 is 0. The van der Waals surface area contributed by atoms with Gasteiger partial charge in [-0.25, -0.2) is 9.97 Å². The molecule has 1 aliphatic heterocycles. The molecule has 2 aromatic rings. The molecule has 2 N–H and O–H groups in total. The van der Waals surface area contributed by atoms with Gasteiger partial charge in [-0.2, -0.15) is 5.10 Å². The molecular weight excluding hydrogens is 244 g/mol. The molecule has 1 fully saturated rings. The van der Waals surface area contributed by atoms with E-state index in [0.29, 0.717) is 12.4 Å². The Morgan fingerprint density at radius 2 is 2.32 bits per heavy atom. The third kappa shape index (κ3) is 2.39. The van der Waals surface area contributed by atoms with Crippen LogP contribution in [0, 0.1) is 0 Å². The average molecular weight is 262 g/mol. The summed E-state index contributed by atoms with van der Waals surface area (Å²) in [5, 5.41) is 4.96. The van der Waals surface area contributed by atoms with Gasteiger partial charge in [-0.15, -0.1) is 0 Å². The molecule has 3 heterocycles. The van der Waals surface area contributed by atoms with Crippen molar-refractivity contribution in [3.05, 3.63) is 12.0 Å². The van der Waals surface area contributed by atoms with E-state index in [1.54, 1.807) is 10.9 Å². The minimum absolute atomic E-state index is 0.256. The number of ether oxygens (including phenoxy) is 1. The summed E-state index contributed by atoms with van der Waals surface area (Å²) in [5.74, 6) is 1.23. The number of hydrogen-bond acceptors (Lipinski definition) is 6. The van der Waals surface area contributed by atoms with Crippen LogP contribution in [0.3, 0.4) is 0 Å². The summed E-state index contributed by atoms with van der Waals surface area (Å²) in [6.45, 7) is 5.32. The quantitative estimate of drug-likeness (QED) is 0.830. The van der Waals surface area contributed by atoms with Gasteiger partial charge in [0.15, 0.2) is 5.65 Å². The highest BCUT2D eigenvalue weighted by atomic mass is 16.5. The van der Waals surface area contributed by atoms with E-state index >= 15 is 0 Å². The van der Waals surface area contributed by atoms with Gasteiger partial charge in [-0.05, 0) is 6.92 Å². The minimum Gasteiger partial charge on any atom is -0.383 e. The summed E-state index contributed by atoms with van der Waals surface area (Å²) < 4.78 is 7.25. The van der Waals surface area contributed by atoms with Gasteiger partial charge < -0.3 is 10.5 Å². The Hall–Kier alpha value is -1.73. The van der Waals surface area contributed by atoms with Crippen molar-refractivity contribution in [3.63, 3.8) is 0 Å². The molecule has 0 spiro atoms. The van der Waals surface area contributed by atoms with Crippen LogP contribution < -0.4 is 5.73 Å². The molecule has 3 rings (SSSR count). The molecule has 19 heavy (non-hydrogen) atoms. The van der Waals surface area contributed by atoms with Crippen LogP contribution >= 0.6 is 0 Å². The number of morpholine rings is 1. The number of rotatable bonds is 2. The van der Waals surface area contributed by atoms with E-state index in [1.807, 2.05) is 7.05 Å². The summed E-state index contributed by atoms with van der Waals surface area (Å²) in [6.07, 6.45) is 1.96. The Balaban J connectivity index is 1.86. The maximum atomic E-state index is 5.96. The lowest BCUT2D eigenvalue weighted by atomic mass is 10.3. The lowest BCUT2D eigenvalue weighted by Gasteiger charge is -2.30. The second kappa shape index (κ2) is 4.75. The van der Waals surface area contributed by atoms with E-state index in [2.05, 4.69) is 26.9 Å². The molecular formula is C12H18N6O. The molecule has 1 saturated heterocycles. The molecule has 0 amide bonds. The standard InChI is InChI=1S/C12H18N6O/c1-8-6-18(3-4-19-8)7-10-15-11(13)9-5-14-17(2)12(9)16-10/h5,8H,3-4,6-7H2,1-2H3,(H2,13,15,16). The van der Waals surface area contributed by atoms with Crippen molar-refractivity contribution in [2.75, 3.05) is 25.4 Å². The molecule has 0 aromatic carbocycles. The first-order valence-electron chi connectivity index (χ1n) is 6.41. The Kier molecular flexibility index (Phi) is 3.08. The maximum absolute atomic E-state index is 5.96. The predicted octanol–water partition coefficient (Wildman–Crippen LogP) is 0.166. The number of fused-ring (bicyclic) bond motifs is 1. The molecule has 1 atom stereocenters. The molecule has 1 aliphatic rings. The third-order valence-electron chi connectivity index (χ3n) is 3.36. The fourth-order valence-corrected chi connectivity index (χ4v) is 2.40. The fraction of sp³-hybridized carbons (Fsp3) is 0.583. The van der Waals surface area contributed by atoms with Gasteiger partial charge >= 0.3 is 0 Å². The van der Waals surface area contributed by atoms with Crippen LogP contribution in [0.1, 0.15) is 12.7 Å². The second-order valence-corrected chi connectivity index (χ2v) is 4.95. The fourth-order valence-electron chi connectivity index (χ4n) is 2.40. The highest BCUT2D eigenvalue weighted by Gasteiger charge is 2.18. The number of nitrogens with zero attached hydrogens (tertiary/aromatic N) is 5. The van der Waals surface area contributed by atoms with Crippen molar-refractivity contribution in [2.45, 2.75) is 19.6 Å². The van der Waals surface area contributed by atoms with Crippen LogP contribution in [0.15, 0.2) is 6.20 Å². The zero-order valence-electron chi connectivity index (χ0n) is 11.2. The number of aryl methyl sites for hydroxylation is 1. The van der Waals surface area contributed by atoms with Gasteiger partial charge in [0.05, 0.1) is 30.8 Å². The molecule has 0 saturated carbocycles. The lowest BCUT2D eigenvalue weighted by molar-refractivity contribution is -0.0219. The number of anilines is 1. The van der Waals surface area contributed by atoms with Crippen molar-refractivity contribution in [3.8, 4) is 0 Å². The first-order chi connectivity index (χ1) is 9.13. The van der Waals surface area contributed by atoms with E-state index in [0.717, 1.165) is 36.6 Å². The molecule has 102 valence electrons. The zero-order valence-corrected chi connectivity index (χ0v) is 11.2. The number of hydrogen-bond donors (Lipinski definition) is 1. The van der Waals surface area contributed by atoms with Gasteiger partial charge in [-0.3, -0.25) is 9.58 Å². The van der Waals surface area contributed by atoms with E-state index in [1.165, 1.54) is 0 Å². The summed E-state index contributed by atoms with van der Waals surface area (Å²) in [6, 6.07) is 0. The molecule has 0 aliphatic carbocycles. The predicted molar refractivity (Wildman–Crippen MR) is 71.4 cm³/mol. The smallest absolute Gasteiger partial charge is 0.163 e. The normalized spacial score (nSPS) is 21.1.